The first kappa shape index (κ1) is 26.2. The molecule has 0 radical (unpaired) electrons. The van der Waals surface area contributed by atoms with Crippen LogP contribution in [0.3, 0.4) is 0 Å². The van der Waals surface area contributed by atoms with E-state index in [1.807, 2.05) is 12.1 Å². The number of aromatic nitrogens is 3. The normalized spacial score (nSPS) is 15.3. The van der Waals surface area contributed by atoms with Crippen molar-refractivity contribution in [3.63, 3.8) is 0 Å². The SMILES string of the molecule is CCCCCCCCCCc1ccc(Nc2ccc(-c3noc([C@@H]4CCNC4)n3)cn2)cc1.Cl. The lowest BCUT2D eigenvalue weighted by atomic mass is 10.0. The van der Waals surface area contributed by atoms with Gasteiger partial charge in [0.15, 0.2) is 0 Å². The van der Waals surface area contributed by atoms with Gasteiger partial charge in [0.1, 0.15) is 5.82 Å². The average molecular weight is 484 g/mol. The molecular weight excluding hydrogens is 446 g/mol. The Labute approximate surface area is 209 Å². The van der Waals surface area contributed by atoms with Gasteiger partial charge in [0.25, 0.3) is 0 Å². The van der Waals surface area contributed by atoms with Gasteiger partial charge in [-0.25, -0.2) is 4.98 Å². The van der Waals surface area contributed by atoms with Crippen LogP contribution >= 0.6 is 12.4 Å². The second-order valence-corrected chi connectivity index (χ2v) is 9.12. The Bertz CT molecular complexity index is 952. The second kappa shape index (κ2) is 14.1. The van der Waals surface area contributed by atoms with Gasteiger partial charge in [-0.05, 0) is 55.6 Å². The van der Waals surface area contributed by atoms with Crippen molar-refractivity contribution in [1.82, 2.24) is 20.4 Å². The number of rotatable bonds is 13. The van der Waals surface area contributed by atoms with E-state index < -0.39 is 0 Å². The van der Waals surface area contributed by atoms with Gasteiger partial charge < -0.3 is 15.2 Å². The lowest BCUT2D eigenvalue weighted by Gasteiger charge is -2.07. The van der Waals surface area contributed by atoms with Gasteiger partial charge in [0.2, 0.25) is 11.7 Å². The highest BCUT2D eigenvalue weighted by molar-refractivity contribution is 5.85. The maximum Gasteiger partial charge on any atom is 0.231 e. The van der Waals surface area contributed by atoms with Crippen LogP contribution in [0.25, 0.3) is 11.4 Å². The fourth-order valence-corrected chi connectivity index (χ4v) is 4.35. The molecule has 0 unspecified atom stereocenters. The highest BCUT2D eigenvalue weighted by atomic mass is 35.5. The molecule has 1 atom stereocenters. The van der Waals surface area contributed by atoms with Crippen molar-refractivity contribution < 1.29 is 4.52 Å². The largest absolute Gasteiger partial charge is 0.340 e. The van der Waals surface area contributed by atoms with Gasteiger partial charge in [-0.1, -0.05) is 69.2 Å². The van der Waals surface area contributed by atoms with Crippen LogP contribution in [0.2, 0.25) is 0 Å². The Morgan fingerprint density at radius 3 is 2.41 bits per heavy atom. The first-order valence-electron chi connectivity index (χ1n) is 12.7. The fourth-order valence-electron chi connectivity index (χ4n) is 4.35. The molecule has 3 aromatic rings. The third-order valence-corrected chi connectivity index (χ3v) is 6.42. The molecule has 0 spiro atoms. The van der Waals surface area contributed by atoms with Crippen LogP contribution < -0.4 is 10.6 Å². The number of benzene rings is 1. The summed E-state index contributed by atoms with van der Waals surface area (Å²) >= 11 is 0. The van der Waals surface area contributed by atoms with E-state index >= 15 is 0 Å². The summed E-state index contributed by atoms with van der Waals surface area (Å²) in [6, 6.07) is 12.6. The van der Waals surface area contributed by atoms with Crippen molar-refractivity contribution in [2.45, 2.75) is 77.0 Å². The Kier molecular flexibility index (Phi) is 10.8. The molecule has 4 rings (SSSR count). The summed E-state index contributed by atoms with van der Waals surface area (Å²) in [5.74, 6) is 2.43. The highest BCUT2D eigenvalue weighted by Crippen LogP contribution is 2.24. The molecule has 2 N–H and O–H groups in total. The number of aryl methyl sites for hydroxylation is 1. The summed E-state index contributed by atoms with van der Waals surface area (Å²) in [5.41, 5.74) is 3.31. The number of hydrogen-bond donors (Lipinski definition) is 2. The molecule has 2 aromatic heterocycles. The second-order valence-electron chi connectivity index (χ2n) is 9.12. The van der Waals surface area contributed by atoms with Crippen molar-refractivity contribution in [2.75, 3.05) is 18.4 Å². The van der Waals surface area contributed by atoms with Gasteiger partial charge in [0, 0.05) is 24.0 Å². The van der Waals surface area contributed by atoms with E-state index in [0.29, 0.717) is 17.6 Å². The summed E-state index contributed by atoms with van der Waals surface area (Å²) in [6.45, 7) is 4.18. The van der Waals surface area contributed by atoms with Crippen LogP contribution in [-0.4, -0.2) is 28.2 Å². The number of nitrogens with one attached hydrogen (secondary N) is 2. The molecular formula is C27H38ClN5O. The Balaban J connectivity index is 0.00000324. The van der Waals surface area contributed by atoms with E-state index in [0.717, 1.165) is 43.0 Å². The minimum absolute atomic E-state index is 0. The number of hydrogen-bond acceptors (Lipinski definition) is 6. The molecule has 1 aliphatic heterocycles. The molecule has 7 heteroatoms. The lowest BCUT2D eigenvalue weighted by Crippen LogP contribution is -2.08. The molecule has 0 saturated carbocycles. The van der Waals surface area contributed by atoms with E-state index in [2.05, 4.69) is 56.9 Å². The predicted octanol–water partition coefficient (Wildman–Crippen LogP) is 7.06. The van der Waals surface area contributed by atoms with Gasteiger partial charge in [0.05, 0.1) is 5.92 Å². The summed E-state index contributed by atoms with van der Waals surface area (Å²) in [4.78, 5) is 9.09. The van der Waals surface area contributed by atoms with Gasteiger partial charge in [-0.3, -0.25) is 0 Å². The van der Waals surface area contributed by atoms with Gasteiger partial charge in [-0.15, -0.1) is 12.4 Å². The monoisotopic (exact) mass is 483 g/mol. The standard InChI is InChI=1S/C27H37N5O.ClH/c1-2-3-4-5-6-7-8-9-10-21-11-14-24(15-12-21)30-25-16-13-22(20-29-25)26-31-27(33-32-26)23-17-18-28-19-23;/h11-16,20,23,28H,2-10,17-19H2,1H3,(H,29,30);1H/t23-;/m1./s1. The molecule has 184 valence electrons. The maximum atomic E-state index is 5.46. The summed E-state index contributed by atoms with van der Waals surface area (Å²) in [6.07, 6.45) is 14.9. The maximum absolute atomic E-state index is 5.46. The number of anilines is 2. The van der Waals surface area contributed by atoms with Crippen LogP contribution in [0.5, 0.6) is 0 Å². The number of halogens is 1. The zero-order valence-electron chi connectivity index (χ0n) is 20.3. The zero-order valence-corrected chi connectivity index (χ0v) is 21.1. The molecule has 34 heavy (non-hydrogen) atoms. The Morgan fingerprint density at radius 2 is 1.74 bits per heavy atom. The van der Waals surface area contributed by atoms with Crippen molar-refractivity contribution in [3.05, 3.63) is 54.0 Å². The smallest absolute Gasteiger partial charge is 0.231 e. The minimum atomic E-state index is 0. The van der Waals surface area contributed by atoms with Gasteiger partial charge >= 0.3 is 0 Å². The number of unbranched alkanes of at least 4 members (excludes halogenated alkanes) is 7. The van der Waals surface area contributed by atoms with E-state index in [-0.39, 0.29) is 12.4 Å². The number of pyridine rings is 1. The van der Waals surface area contributed by atoms with Gasteiger partial charge in [-0.2, -0.15) is 4.98 Å². The van der Waals surface area contributed by atoms with Crippen molar-refractivity contribution in [2.24, 2.45) is 0 Å². The summed E-state index contributed by atoms with van der Waals surface area (Å²) < 4.78 is 5.46. The van der Waals surface area contributed by atoms with Crippen LogP contribution in [0, 0.1) is 0 Å². The number of nitrogens with zero attached hydrogens (tertiary/aromatic N) is 3. The Hall–Kier alpha value is -2.44. The molecule has 0 aliphatic carbocycles. The van der Waals surface area contributed by atoms with Crippen LogP contribution in [-0.2, 0) is 6.42 Å². The van der Waals surface area contributed by atoms with Crippen LogP contribution in [0.1, 0.15) is 82.1 Å². The Morgan fingerprint density at radius 1 is 0.971 bits per heavy atom. The third kappa shape index (κ3) is 7.81. The van der Waals surface area contributed by atoms with Crippen LogP contribution in [0.4, 0.5) is 11.5 Å². The predicted molar refractivity (Wildman–Crippen MR) is 141 cm³/mol. The highest BCUT2D eigenvalue weighted by Gasteiger charge is 2.23. The first-order chi connectivity index (χ1) is 16.3. The topological polar surface area (TPSA) is 75.9 Å². The van der Waals surface area contributed by atoms with Crippen molar-refractivity contribution in [3.8, 4) is 11.4 Å². The van der Waals surface area contributed by atoms with Crippen LogP contribution in [0.15, 0.2) is 47.1 Å². The third-order valence-electron chi connectivity index (χ3n) is 6.42. The fraction of sp³-hybridized carbons (Fsp3) is 0.519. The summed E-state index contributed by atoms with van der Waals surface area (Å²) in [5, 5.41) is 10.8. The molecule has 1 saturated heterocycles. The average Bonchev–Trinajstić information content (AvgIpc) is 3.55. The molecule has 1 aromatic carbocycles. The van der Waals surface area contributed by atoms with E-state index in [9.17, 15) is 0 Å². The van der Waals surface area contributed by atoms with E-state index in [4.69, 9.17) is 4.52 Å². The molecule has 1 fully saturated rings. The molecule has 1 aliphatic rings. The lowest BCUT2D eigenvalue weighted by molar-refractivity contribution is 0.359. The zero-order chi connectivity index (χ0) is 22.7. The first-order valence-corrected chi connectivity index (χ1v) is 12.7. The van der Waals surface area contributed by atoms with Crippen molar-refractivity contribution in [1.29, 1.82) is 0 Å². The van der Waals surface area contributed by atoms with Crippen molar-refractivity contribution >= 4 is 23.9 Å². The minimum Gasteiger partial charge on any atom is -0.340 e. The summed E-state index contributed by atoms with van der Waals surface area (Å²) in [7, 11) is 0. The van der Waals surface area contributed by atoms with E-state index in [1.54, 1.807) is 6.20 Å². The van der Waals surface area contributed by atoms with E-state index in [1.165, 1.54) is 56.9 Å². The molecule has 6 nitrogen and oxygen atoms in total. The molecule has 0 bridgehead atoms. The molecule has 0 amide bonds. The molecule has 3 heterocycles. The quantitative estimate of drug-likeness (QED) is 0.253.